The number of halogens is 1. The first kappa shape index (κ1) is 23.2. The molecule has 2 amide bonds. The molecule has 1 saturated heterocycles. The Morgan fingerprint density at radius 2 is 1.77 bits per heavy atom. The highest BCUT2D eigenvalue weighted by atomic mass is 35.5. The van der Waals surface area contributed by atoms with E-state index in [0.717, 1.165) is 12.0 Å². The van der Waals surface area contributed by atoms with Crippen LogP contribution in [0.5, 0.6) is 0 Å². The van der Waals surface area contributed by atoms with E-state index in [1.165, 1.54) is 7.05 Å². The fraction of sp³-hybridized carbons (Fsp3) is 0.364. The fourth-order valence-corrected chi connectivity index (χ4v) is 4.59. The summed E-state index contributed by atoms with van der Waals surface area (Å²) in [5.41, 5.74) is 1.94. The lowest BCUT2D eigenvalue weighted by Crippen LogP contribution is -2.45. The number of sulfonamides is 1. The second-order valence-corrected chi connectivity index (χ2v) is 9.91. The molecule has 2 N–H and O–H groups in total. The smallest absolute Gasteiger partial charge is 0.253 e. The molecule has 0 aliphatic carbocycles. The summed E-state index contributed by atoms with van der Waals surface area (Å²) < 4.78 is 26.1. The normalized spacial score (nSPS) is 16.7. The number of carbonyl (C=O) groups is 2. The minimum absolute atomic E-state index is 0.114. The largest absolute Gasteiger partial charge is 0.352 e. The number of benzene rings is 2. The molecule has 0 saturated carbocycles. The Bertz CT molecular complexity index is 1040. The maximum atomic E-state index is 12.8. The van der Waals surface area contributed by atoms with E-state index in [4.69, 9.17) is 11.6 Å². The predicted octanol–water partition coefficient (Wildman–Crippen LogP) is 2.56. The molecule has 2 aromatic rings. The van der Waals surface area contributed by atoms with Crippen molar-refractivity contribution in [1.82, 2.24) is 14.9 Å². The van der Waals surface area contributed by atoms with Gasteiger partial charge in [0.25, 0.3) is 5.91 Å². The zero-order valence-electron chi connectivity index (χ0n) is 17.3. The van der Waals surface area contributed by atoms with Crippen LogP contribution in [0.3, 0.4) is 0 Å². The summed E-state index contributed by atoms with van der Waals surface area (Å²) in [4.78, 5) is 27.2. The molecule has 0 aromatic heterocycles. The molecule has 1 fully saturated rings. The molecule has 1 aliphatic heterocycles. The van der Waals surface area contributed by atoms with Crippen molar-refractivity contribution in [3.63, 3.8) is 0 Å². The first-order valence-electron chi connectivity index (χ1n) is 10.1. The Kier molecular flexibility index (Phi) is 7.69. The van der Waals surface area contributed by atoms with Crippen molar-refractivity contribution in [2.24, 2.45) is 5.92 Å². The van der Waals surface area contributed by atoms with Gasteiger partial charge >= 0.3 is 0 Å². The van der Waals surface area contributed by atoms with Crippen LogP contribution in [0.2, 0.25) is 5.02 Å². The van der Waals surface area contributed by atoms with E-state index in [1.807, 2.05) is 6.07 Å². The lowest BCUT2D eigenvalue weighted by Gasteiger charge is -2.32. The third kappa shape index (κ3) is 6.29. The Labute approximate surface area is 187 Å². The van der Waals surface area contributed by atoms with Crippen molar-refractivity contribution in [2.45, 2.75) is 25.1 Å². The quantitative estimate of drug-likeness (QED) is 0.659. The Hall–Kier alpha value is -2.42. The minimum atomic E-state index is -3.42. The van der Waals surface area contributed by atoms with Crippen LogP contribution >= 0.6 is 11.6 Å². The van der Waals surface area contributed by atoms with Gasteiger partial charge in [0.05, 0.1) is 11.7 Å². The highest BCUT2D eigenvalue weighted by molar-refractivity contribution is 7.88. The molecule has 3 rings (SSSR count). The molecule has 0 spiro atoms. The van der Waals surface area contributed by atoms with E-state index in [2.05, 4.69) is 10.0 Å². The molecule has 1 atom stereocenters. The van der Waals surface area contributed by atoms with E-state index >= 15 is 0 Å². The fourth-order valence-electron chi connectivity index (χ4n) is 3.62. The lowest BCUT2D eigenvalue weighted by atomic mass is 9.96. The Morgan fingerprint density at radius 1 is 1.10 bits per heavy atom. The highest BCUT2D eigenvalue weighted by Gasteiger charge is 2.29. The van der Waals surface area contributed by atoms with E-state index in [-0.39, 0.29) is 30.0 Å². The first-order valence-corrected chi connectivity index (χ1v) is 12.1. The maximum absolute atomic E-state index is 12.8. The predicted molar refractivity (Wildman–Crippen MR) is 120 cm³/mol. The van der Waals surface area contributed by atoms with Crippen molar-refractivity contribution in [3.8, 4) is 0 Å². The first-order chi connectivity index (χ1) is 14.8. The van der Waals surface area contributed by atoms with E-state index in [9.17, 15) is 18.0 Å². The van der Waals surface area contributed by atoms with Crippen LogP contribution in [0.25, 0.3) is 0 Å². The second kappa shape index (κ2) is 10.3. The van der Waals surface area contributed by atoms with Crippen molar-refractivity contribution in [1.29, 1.82) is 0 Å². The number of nitrogens with one attached hydrogen (secondary N) is 2. The monoisotopic (exact) mass is 463 g/mol. The highest BCUT2D eigenvalue weighted by Crippen LogP contribution is 2.20. The van der Waals surface area contributed by atoms with Crippen LogP contribution in [0.1, 0.15) is 34.3 Å². The molecule has 9 heteroatoms. The molecule has 1 heterocycles. The van der Waals surface area contributed by atoms with E-state index in [1.54, 1.807) is 47.4 Å². The third-order valence-corrected chi connectivity index (χ3v) is 6.96. The zero-order valence-corrected chi connectivity index (χ0v) is 18.9. The van der Waals surface area contributed by atoms with Gasteiger partial charge in [-0.15, -0.1) is 0 Å². The number of likely N-dealkylation sites (tertiary alicyclic amines) is 1. The number of hydrogen-bond donors (Lipinski definition) is 2. The molecular formula is C22H26ClN3O4S. The molecule has 0 bridgehead atoms. The lowest BCUT2D eigenvalue weighted by molar-refractivity contribution is -0.126. The van der Waals surface area contributed by atoms with Crippen LogP contribution in [0.4, 0.5) is 0 Å². The van der Waals surface area contributed by atoms with Crippen molar-refractivity contribution in [2.75, 3.05) is 20.1 Å². The molecule has 0 radical (unpaired) electrons. The van der Waals surface area contributed by atoms with Gasteiger partial charge in [-0.2, -0.15) is 0 Å². The van der Waals surface area contributed by atoms with Gasteiger partial charge in [-0.1, -0.05) is 35.9 Å². The minimum Gasteiger partial charge on any atom is -0.352 e. The van der Waals surface area contributed by atoms with Crippen LogP contribution in [0.15, 0.2) is 48.5 Å². The number of nitrogens with zero attached hydrogens (tertiary/aromatic N) is 1. The topological polar surface area (TPSA) is 95.6 Å². The van der Waals surface area contributed by atoms with Crippen molar-refractivity contribution >= 4 is 33.4 Å². The van der Waals surface area contributed by atoms with Crippen LogP contribution in [0, 0.1) is 5.92 Å². The van der Waals surface area contributed by atoms with Gasteiger partial charge in [0.15, 0.2) is 0 Å². The maximum Gasteiger partial charge on any atom is 0.253 e. The molecule has 1 aliphatic rings. The molecule has 2 aromatic carbocycles. The molecule has 7 nitrogen and oxygen atoms in total. The summed E-state index contributed by atoms with van der Waals surface area (Å²) in [5.74, 6) is -0.711. The molecule has 31 heavy (non-hydrogen) atoms. The van der Waals surface area contributed by atoms with Gasteiger partial charge < -0.3 is 10.2 Å². The summed E-state index contributed by atoms with van der Waals surface area (Å²) in [6.07, 6.45) is 1.44. The van der Waals surface area contributed by atoms with Gasteiger partial charge in [0, 0.05) is 30.2 Å². The summed E-state index contributed by atoms with van der Waals surface area (Å²) in [7, 11) is -2.04. The standard InChI is InChI=1S/C22H26ClN3O4S/c1-24-31(29,30)15-19-6-3-2-5-17(19)13-25-21(27)18-7-4-12-26(14-18)22(28)16-8-10-20(23)11-9-16/h2-3,5-6,8-11,18,24H,4,7,12-15H2,1H3,(H,25,27). The molecular weight excluding hydrogens is 438 g/mol. The number of hydrogen-bond acceptors (Lipinski definition) is 4. The Balaban J connectivity index is 1.61. The molecule has 166 valence electrons. The zero-order chi connectivity index (χ0) is 22.4. The van der Waals surface area contributed by atoms with E-state index in [0.29, 0.717) is 35.7 Å². The number of carbonyl (C=O) groups excluding carboxylic acids is 2. The van der Waals surface area contributed by atoms with Crippen LogP contribution in [-0.4, -0.2) is 45.3 Å². The van der Waals surface area contributed by atoms with Crippen LogP contribution < -0.4 is 10.0 Å². The van der Waals surface area contributed by atoms with Gasteiger partial charge in [0.1, 0.15) is 0 Å². The van der Waals surface area contributed by atoms with Crippen LogP contribution in [-0.2, 0) is 27.1 Å². The van der Waals surface area contributed by atoms with Gasteiger partial charge in [0.2, 0.25) is 15.9 Å². The number of amides is 2. The Morgan fingerprint density at radius 3 is 2.45 bits per heavy atom. The average Bonchev–Trinajstić information content (AvgIpc) is 2.78. The average molecular weight is 464 g/mol. The summed E-state index contributed by atoms with van der Waals surface area (Å²) in [5, 5.41) is 3.48. The number of piperidine rings is 1. The van der Waals surface area contributed by atoms with Crippen molar-refractivity contribution < 1.29 is 18.0 Å². The summed E-state index contributed by atoms with van der Waals surface area (Å²) >= 11 is 5.89. The summed E-state index contributed by atoms with van der Waals surface area (Å²) in [6.45, 7) is 1.19. The summed E-state index contributed by atoms with van der Waals surface area (Å²) in [6, 6.07) is 13.8. The third-order valence-electron chi connectivity index (χ3n) is 5.40. The van der Waals surface area contributed by atoms with Gasteiger partial charge in [-0.05, 0) is 55.3 Å². The number of rotatable bonds is 7. The second-order valence-electron chi connectivity index (χ2n) is 7.55. The van der Waals surface area contributed by atoms with E-state index < -0.39 is 10.0 Å². The van der Waals surface area contributed by atoms with Crippen molar-refractivity contribution in [3.05, 3.63) is 70.2 Å². The van der Waals surface area contributed by atoms with Gasteiger partial charge in [-0.25, -0.2) is 13.1 Å². The SMILES string of the molecule is CNS(=O)(=O)Cc1ccccc1CNC(=O)C1CCCN(C(=O)c2ccc(Cl)cc2)C1. The molecule has 1 unspecified atom stereocenters. The van der Waals surface area contributed by atoms with Gasteiger partial charge in [-0.3, -0.25) is 9.59 Å².